The predicted molar refractivity (Wildman–Crippen MR) is 125 cm³/mol. The zero-order chi connectivity index (χ0) is 23.2. The Balaban J connectivity index is 1.52. The molecule has 2 aliphatic rings. The molecule has 0 amide bonds. The lowest BCUT2D eigenvalue weighted by Crippen LogP contribution is -2.37. The molecule has 0 N–H and O–H groups in total. The van der Waals surface area contributed by atoms with Crippen LogP contribution in [0.25, 0.3) is 0 Å². The first-order valence-electron chi connectivity index (χ1n) is 12.0. The molecule has 0 saturated carbocycles. The van der Waals surface area contributed by atoms with Gasteiger partial charge in [0.15, 0.2) is 11.6 Å². The summed E-state index contributed by atoms with van der Waals surface area (Å²) in [5.41, 5.74) is 3.01. The highest BCUT2D eigenvalue weighted by Crippen LogP contribution is 2.37. The Labute approximate surface area is 196 Å². The number of benzene rings is 2. The third-order valence-electron chi connectivity index (χ3n) is 6.75. The molecule has 2 aromatic rings. The summed E-state index contributed by atoms with van der Waals surface area (Å²) >= 11 is 0. The number of rotatable bonds is 8. The van der Waals surface area contributed by atoms with Crippen LogP contribution in [0.5, 0.6) is 11.5 Å². The molecule has 33 heavy (non-hydrogen) atoms. The molecule has 0 bridgehead atoms. The molecule has 2 heterocycles. The minimum Gasteiger partial charge on any atom is -0.497 e. The van der Waals surface area contributed by atoms with Gasteiger partial charge in [-0.25, -0.2) is 4.39 Å². The van der Waals surface area contributed by atoms with Gasteiger partial charge < -0.3 is 23.7 Å². The van der Waals surface area contributed by atoms with Crippen molar-refractivity contribution in [3.8, 4) is 11.5 Å². The van der Waals surface area contributed by atoms with E-state index >= 15 is 0 Å². The molecule has 0 spiro atoms. The second-order valence-corrected chi connectivity index (χ2v) is 8.93. The van der Waals surface area contributed by atoms with Crippen molar-refractivity contribution in [1.29, 1.82) is 0 Å². The molecule has 4 atom stereocenters. The van der Waals surface area contributed by atoms with Gasteiger partial charge in [-0.2, -0.15) is 0 Å². The van der Waals surface area contributed by atoms with Crippen molar-refractivity contribution in [3.05, 3.63) is 58.9 Å². The number of methoxy groups -OCH3 is 1. The molecule has 5 nitrogen and oxygen atoms in total. The van der Waals surface area contributed by atoms with Crippen LogP contribution in [0.4, 0.5) is 4.39 Å². The van der Waals surface area contributed by atoms with E-state index in [4.69, 9.17) is 23.7 Å². The van der Waals surface area contributed by atoms with Gasteiger partial charge in [-0.05, 0) is 53.6 Å². The lowest BCUT2D eigenvalue weighted by molar-refractivity contribution is -0.0906. The number of hydrogen-bond donors (Lipinski definition) is 0. The molecule has 2 aromatic carbocycles. The normalized spacial score (nSPS) is 24.3. The SMILES string of the molecule is CCc1cccc(OC2CCOCC2CC(C)c2ccc(OC)cc2[C@@H]2COCCO2)c1F. The van der Waals surface area contributed by atoms with E-state index in [9.17, 15) is 4.39 Å². The van der Waals surface area contributed by atoms with Crippen LogP contribution in [0.1, 0.15) is 55.4 Å². The molecule has 3 unspecified atom stereocenters. The molecule has 0 radical (unpaired) electrons. The highest BCUT2D eigenvalue weighted by Gasteiger charge is 2.31. The molecule has 0 aliphatic carbocycles. The fraction of sp³-hybridized carbons (Fsp3) is 0.556. The van der Waals surface area contributed by atoms with Crippen LogP contribution in [-0.4, -0.2) is 46.2 Å². The van der Waals surface area contributed by atoms with Crippen molar-refractivity contribution in [3.63, 3.8) is 0 Å². The molecule has 6 heteroatoms. The Morgan fingerprint density at radius 1 is 1.09 bits per heavy atom. The Bertz CT molecular complexity index is 911. The molecule has 2 fully saturated rings. The van der Waals surface area contributed by atoms with Crippen molar-refractivity contribution >= 4 is 0 Å². The number of halogens is 1. The smallest absolute Gasteiger partial charge is 0.168 e. The lowest BCUT2D eigenvalue weighted by atomic mass is 9.83. The maximum absolute atomic E-state index is 14.8. The van der Waals surface area contributed by atoms with Crippen LogP contribution >= 0.6 is 0 Å². The van der Waals surface area contributed by atoms with Crippen molar-refractivity contribution in [2.45, 2.75) is 51.2 Å². The van der Waals surface area contributed by atoms with Crippen LogP contribution in [0.3, 0.4) is 0 Å². The fourth-order valence-corrected chi connectivity index (χ4v) is 4.89. The highest BCUT2D eigenvalue weighted by molar-refractivity contribution is 5.39. The van der Waals surface area contributed by atoms with Gasteiger partial charge in [0, 0.05) is 12.3 Å². The summed E-state index contributed by atoms with van der Waals surface area (Å²) in [5, 5.41) is 0. The quantitative estimate of drug-likeness (QED) is 0.526. The molecule has 2 saturated heterocycles. The first-order valence-corrected chi connectivity index (χ1v) is 12.0. The zero-order valence-corrected chi connectivity index (χ0v) is 19.8. The Morgan fingerprint density at radius 3 is 2.70 bits per heavy atom. The van der Waals surface area contributed by atoms with Gasteiger partial charge in [0.2, 0.25) is 0 Å². The summed E-state index contributed by atoms with van der Waals surface area (Å²) in [4.78, 5) is 0. The molecule has 2 aliphatic heterocycles. The largest absolute Gasteiger partial charge is 0.497 e. The van der Waals surface area contributed by atoms with Gasteiger partial charge in [-0.15, -0.1) is 0 Å². The van der Waals surface area contributed by atoms with Gasteiger partial charge in [-0.1, -0.05) is 32.0 Å². The van der Waals surface area contributed by atoms with E-state index in [0.29, 0.717) is 50.8 Å². The van der Waals surface area contributed by atoms with E-state index in [0.717, 1.165) is 24.2 Å². The van der Waals surface area contributed by atoms with Crippen molar-refractivity contribution in [1.82, 2.24) is 0 Å². The molecular formula is C27H35FO5. The highest BCUT2D eigenvalue weighted by atomic mass is 19.1. The molecular weight excluding hydrogens is 423 g/mol. The van der Waals surface area contributed by atoms with Gasteiger partial charge in [-0.3, -0.25) is 0 Å². The first-order chi connectivity index (χ1) is 16.1. The number of aryl methyl sites for hydroxylation is 1. The molecule has 0 aromatic heterocycles. The molecule has 180 valence electrons. The van der Waals surface area contributed by atoms with Crippen LogP contribution in [-0.2, 0) is 20.6 Å². The van der Waals surface area contributed by atoms with E-state index < -0.39 is 0 Å². The summed E-state index contributed by atoms with van der Waals surface area (Å²) in [6.07, 6.45) is 2.07. The Hall–Kier alpha value is -2.15. The van der Waals surface area contributed by atoms with Gasteiger partial charge in [0.1, 0.15) is 18.0 Å². The minimum absolute atomic E-state index is 0.0845. The monoisotopic (exact) mass is 458 g/mol. The summed E-state index contributed by atoms with van der Waals surface area (Å²) in [7, 11) is 1.68. The Kier molecular flexibility index (Phi) is 8.23. The second kappa shape index (κ2) is 11.3. The average Bonchev–Trinajstić information content (AvgIpc) is 2.86. The van der Waals surface area contributed by atoms with E-state index in [1.54, 1.807) is 13.2 Å². The van der Waals surface area contributed by atoms with Crippen molar-refractivity contribution in [2.75, 3.05) is 40.1 Å². The maximum atomic E-state index is 14.8. The third kappa shape index (κ3) is 5.68. The summed E-state index contributed by atoms with van der Waals surface area (Å²) in [6.45, 7) is 7.17. The van der Waals surface area contributed by atoms with Crippen LogP contribution in [0.2, 0.25) is 0 Å². The summed E-state index contributed by atoms with van der Waals surface area (Å²) in [6, 6.07) is 11.6. The van der Waals surface area contributed by atoms with E-state index in [1.807, 2.05) is 25.1 Å². The first kappa shape index (κ1) is 24.0. The second-order valence-electron chi connectivity index (χ2n) is 8.93. The van der Waals surface area contributed by atoms with Crippen molar-refractivity contribution < 1.29 is 28.1 Å². The minimum atomic E-state index is -0.245. The molecule has 4 rings (SSSR count). The van der Waals surface area contributed by atoms with Gasteiger partial charge >= 0.3 is 0 Å². The van der Waals surface area contributed by atoms with Crippen LogP contribution in [0.15, 0.2) is 36.4 Å². The predicted octanol–water partition coefficient (Wildman–Crippen LogP) is 5.46. The lowest BCUT2D eigenvalue weighted by Gasteiger charge is -2.34. The summed E-state index contributed by atoms with van der Waals surface area (Å²) < 4.78 is 44.0. The van der Waals surface area contributed by atoms with Crippen molar-refractivity contribution in [2.24, 2.45) is 5.92 Å². The van der Waals surface area contributed by atoms with Gasteiger partial charge in [0.25, 0.3) is 0 Å². The van der Waals surface area contributed by atoms with E-state index in [2.05, 4.69) is 19.1 Å². The van der Waals surface area contributed by atoms with Crippen LogP contribution < -0.4 is 9.47 Å². The topological polar surface area (TPSA) is 46.2 Å². The van der Waals surface area contributed by atoms with Crippen LogP contribution in [0, 0.1) is 11.7 Å². The average molecular weight is 459 g/mol. The fourth-order valence-electron chi connectivity index (χ4n) is 4.89. The Morgan fingerprint density at radius 2 is 1.94 bits per heavy atom. The standard InChI is InChI=1S/C27H35FO5/c1-4-19-6-5-7-25(27(19)28)33-24-10-11-30-16-20(24)14-18(2)22-9-8-21(29-3)15-23(22)26-17-31-12-13-32-26/h5-9,15,18,20,24,26H,4,10-14,16-17H2,1-3H3/t18?,20?,24?,26-/m0/s1. The number of ether oxygens (including phenoxy) is 5. The third-order valence-corrected chi connectivity index (χ3v) is 6.75. The number of hydrogen-bond acceptors (Lipinski definition) is 5. The zero-order valence-electron chi connectivity index (χ0n) is 19.8. The van der Waals surface area contributed by atoms with Gasteiger partial charge in [0.05, 0.1) is 40.1 Å². The van der Waals surface area contributed by atoms with E-state index in [-0.39, 0.29) is 29.9 Å². The summed E-state index contributed by atoms with van der Waals surface area (Å²) in [5.74, 6) is 1.31. The maximum Gasteiger partial charge on any atom is 0.168 e. The van der Waals surface area contributed by atoms with E-state index in [1.165, 1.54) is 5.56 Å².